The Balaban J connectivity index is 3.49. The summed E-state index contributed by atoms with van der Waals surface area (Å²) >= 11 is 0. The van der Waals surface area contributed by atoms with Crippen LogP contribution in [-0.4, -0.2) is 31.3 Å². The van der Waals surface area contributed by atoms with Crippen LogP contribution >= 0.6 is 0 Å². The Bertz CT molecular complexity index is 181. The van der Waals surface area contributed by atoms with Crippen LogP contribution in [0, 0.1) is 5.92 Å². The largest absolute Gasteiger partial charge is 0.463 e. The number of hydrogen-bond acceptors (Lipinski definition) is 4. The van der Waals surface area contributed by atoms with Crippen LogP contribution in [0.4, 0.5) is 0 Å². The fraction of sp³-hybridized carbons (Fsp3) is 0.909. The van der Waals surface area contributed by atoms with E-state index < -0.39 is 0 Å². The van der Waals surface area contributed by atoms with Gasteiger partial charge in [0.2, 0.25) is 0 Å². The lowest BCUT2D eigenvalue weighted by molar-refractivity contribution is -0.146. The molecule has 0 saturated carbocycles. The molecule has 0 aromatic heterocycles. The lowest BCUT2D eigenvalue weighted by Gasteiger charge is -2.14. The van der Waals surface area contributed by atoms with Crippen molar-refractivity contribution in [3.63, 3.8) is 0 Å². The van der Waals surface area contributed by atoms with Gasteiger partial charge in [-0.2, -0.15) is 0 Å². The van der Waals surface area contributed by atoms with Gasteiger partial charge in [-0.05, 0) is 19.8 Å². The Labute approximate surface area is 92.1 Å². The van der Waals surface area contributed by atoms with Crippen LogP contribution in [0.15, 0.2) is 0 Å². The summed E-state index contributed by atoms with van der Waals surface area (Å²) in [5.41, 5.74) is 5.74. The average molecular weight is 217 g/mol. The standard InChI is InChI=1S/C11H23NO3/c1-8(2)10(12)7-11(13)15-6-5-14-9(3)4/h8-10H,5-7,12H2,1-4H3. The zero-order chi connectivity index (χ0) is 11.8. The van der Waals surface area contributed by atoms with Crippen molar-refractivity contribution in [1.29, 1.82) is 0 Å². The highest BCUT2D eigenvalue weighted by molar-refractivity contribution is 5.70. The summed E-state index contributed by atoms with van der Waals surface area (Å²) in [6, 6.07) is -0.122. The highest BCUT2D eigenvalue weighted by Gasteiger charge is 2.13. The Morgan fingerprint density at radius 2 is 1.80 bits per heavy atom. The van der Waals surface area contributed by atoms with Crippen LogP contribution in [0.5, 0.6) is 0 Å². The molecule has 0 aliphatic rings. The zero-order valence-electron chi connectivity index (χ0n) is 10.2. The maximum atomic E-state index is 11.2. The van der Waals surface area contributed by atoms with E-state index in [1.165, 1.54) is 0 Å². The summed E-state index contributed by atoms with van der Waals surface area (Å²) < 4.78 is 10.2. The number of ether oxygens (including phenoxy) is 2. The van der Waals surface area contributed by atoms with Gasteiger partial charge in [0, 0.05) is 6.04 Å². The third-order valence-electron chi connectivity index (χ3n) is 2.06. The summed E-state index contributed by atoms with van der Waals surface area (Å²) in [6.07, 6.45) is 0.445. The average Bonchev–Trinajstić information content (AvgIpc) is 2.12. The lowest BCUT2D eigenvalue weighted by Crippen LogP contribution is -2.30. The Hall–Kier alpha value is -0.610. The third-order valence-corrected chi connectivity index (χ3v) is 2.06. The molecule has 0 aliphatic heterocycles. The van der Waals surface area contributed by atoms with E-state index in [0.29, 0.717) is 19.1 Å². The van der Waals surface area contributed by atoms with Gasteiger partial charge >= 0.3 is 5.97 Å². The molecule has 0 aromatic rings. The van der Waals surface area contributed by atoms with Crippen molar-refractivity contribution in [1.82, 2.24) is 0 Å². The molecule has 0 radical (unpaired) electrons. The minimum absolute atomic E-state index is 0.122. The molecule has 1 unspecified atom stereocenters. The quantitative estimate of drug-likeness (QED) is 0.516. The fourth-order valence-corrected chi connectivity index (χ4v) is 0.926. The molecule has 0 amide bonds. The molecule has 0 fully saturated rings. The van der Waals surface area contributed by atoms with Crippen molar-refractivity contribution in [2.75, 3.05) is 13.2 Å². The molecule has 90 valence electrons. The van der Waals surface area contributed by atoms with E-state index in [1.54, 1.807) is 0 Å². The van der Waals surface area contributed by atoms with Crippen LogP contribution in [0.2, 0.25) is 0 Å². The van der Waals surface area contributed by atoms with Gasteiger partial charge in [0.25, 0.3) is 0 Å². The molecule has 1 atom stereocenters. The highest BCUT2D eigenvalue weighted by atomic mass is 16.6. The van der Waals surface area contributed by atoms with Crippen LogP contribution in [0.1, 0.15) is 34.1 Å². The Morgan fingerprint density at radius 1 is 1.20 bits per heavy atom. The van der Waals surface area contributed by atoms with Crippen LogP contribution in [-0.2, 0) is 14.3 Å². The van der Waals surface area contributed by atoms with E-state index in [0.717, 1.165) is 0 Å². The Morgan fingerprint density at radius 3 is 2.27 bits per heavy atom. The number of esters is 1. The van der Waals surface area contributed by atoms with Gasteiger partial charge in [0.1, 0.15) is 6.61 Å². The first-order valence-corrected chi connectivity index (χ1v) is 5.46. The molecule has 0 spiro atoms. The minimum Gasteiger partial charge on any atom is -0.463 e. The van der Waals surface area contributed by atoms with E-state index in [1.807, 2.05) is 27.7 Å². The maximum absolute atomic E-state index is 11.2. The molecule has 2 N–H and O–H groups in total. The molecule has 4 nitrogen and oxygen atoms in total. The molecular weight excluding hydrogens is 194 g/mol. The molecule has 0 saturated heterocycles. The van der Waals surface area contributed by atoms with Gasteiger partial charge in [-0.25, -0.2) is 0 Å². The van der Waals surface area contributed by atoms with Crippen molar-refractivity contribution < 1.29 is 14.3 Å². The molecule has 0 heterocycles. The van der Waals surface area contributed by atoms with Crippen LogP contribution in [0.3, 0.4) is 0 Å². The molecule has 15 heavy (non-hydrogen) atoms. The number of hydrogen-bond donors (Lipinski definition) is 1. The molecule has 0 bridgehead atoms. The summed E-state index contributed by atoms with van der Waals surface area (Å²) in [5.74, 6) is 0.0491. The summed E-state index contributed by atoms with van der Waals surface area (Å²) in [7, 11) is 0. The summed E-state index contributed by atoms with van der Waals surface area (Å²) in [5, 5.41) is 0. The van der Waals surface area contributed by atoms with E-state index in [9.17, 15) is 4.79 Å². The van der Waals surface area contributed by atoms with Gasteiger partial charge in [-0.15, -0.1) is 0 Å². The second kappa shape index (κ2) is 7.65. The van der Waals surface area contributed by atoms with Crippen molar-refractivity contribution in [3.05, 3.63) is 0 Å². The molecule has 0 aromatic carbocycles. The third kappa shape index (κ3) is 8.39. The smallest absolute Gasteiger partial charge is 0.307 e. The Kier molecular flexibility index (Phi) is 7.34. The SMILES string of the molecule is CC(C)OCCOC(=O)CC(N)C(C)C. The van der Waals surface area contributed by atoms with E-state index in [4.69, 9.17) is 15.2 Å². The topological polar surface area (TPSA) is 61.5 Å². The van der Waals surface area contributed by atoms with Crippen molar-refractivity contribution in [2.45, 2.75) is 46.3 Å². The van der Waals surface area contributed by atoms with Gasteiger partial charge in [0.15, 0.2) is 0 Å². The summed E-state index contributed by atoms with van der Waals surface area (Å²) in [6.45, 7) is 8.61. The first-order valence-electron chi connectivity index (χ1n) is 5.46. The number of rotatable bonds is 7. The minimum atomic E-state index is -0.247. The monoisotopic (exact) mass is 217 g/mol. The van der Waals surface area contributed by atoms with Crippen molar-refractivity contribution in [2.24, 2.45) is 11.7 Å². The lowest BCUT2D eigenvalue weighted by atomic mass is 10.0. The van der Waals surface area contributed by atoms with Crippen LogP contribution < -0.4 is 5.73 Å². The highest BCUT2D eigenvalue weighted by Crippen LogP contribution is 2.03. The molecular formula is C11H23NO3. The first-order chi connectivity index (χ1) is 6.93. The van der Waals surface area contributed by atoms with Crippen molar-refractivity contribution in [3.8, 4) is 0 Å². The normalized spacial score (nSPS) is 13.3. The van der Waals surface area contributed by atoms with Gasteiger partial charge < -0.3 is 15.2 Å². The second-order valence-corrected chi connectivity index (χ2v) is 4.25. The first kappa shape index (κ1) is 14.4. The number of nitrogens with two attached hydrogens (primary N) is 1. The van der Waals surface area contributed by atoms with Gasteiger partial charge in [-0.3, -0.25) is 4.79 Å². The van der Waals surface area contributed by atoms with Crippen molar-refractivity contribution >= 4 is 5.97 Å². The van der Waals surface area contributed by atoms with E-state index in [-0.39, 0.29) is 24.5 Å². The maximum Gasteiger partial charge on any atom is 0.307 e. The summed E-state index contributed by atoms with van der Waals surface area (Å²) in [4.78, 5) is 11.2. The predicted molar refractivity (Wildman–Crippen MR) is 59.5 cm³/mol. The molecule has 0 aliphatic carbocycles. The van der Waals surface area contributed by atoms with E-state index >= 15 is 0 Å². The molecule has 0 rings (SSSR count). The number of carbonyl (C=O) groups excluding carboxylic acids is 1. The number of carbonyl (C=O) groups is 1. The molecule has 4 heteroatoms. The predicted octanol–water partition coefficient (Wildman–Crippen LogP) is 1.33. The van der Waals surface area contributed by atoms with Crippen LogP contribution in [0.25, 0.3) is 0 Å². The van der Waals surface area contributed by atoms with Gasteiger partial charge in [-0.1, -0.05) is 13.8 Å². The second-order valence-electron chi connectivity index (χ2n) is 4.25. The van der Waals surface area contributed by atoms with Gasteiger partial charge in [0.05, 0.1) is 19.1 Å². The zero-order valence-corrected chi connectivity index (χ0v) is 10.2. The fourth-order valence-electron chi connectivity index (χ4n) is 0.926. The van der Waals surface area contributed by atoms with E-state index in [2.05, 4.69) is 0 Å².